The molecular weight excluding hydrogens is 458 g/mol. The van der Waals surface area contributed by atoms with E-state index >= 15 is 0 Å². The molecule has 1 N–H and O–H groups in total. The Kier molecular flexibility index (Phi) is 8.84. The third-order valence-corrected chi connectivity index (χ3v) is 9.52. The normalized spacial score (nSPS) is 21.6. The molecular formula is C25H33NO5S2. The third-order valence-electron chi connectivity index (χ3n) is 6.15. The van der Waals surface area contributed by atoms with Crippen molar-refractivity contribution in [3.05, 3.63) is 59.7 Å². The summed E-state index contributed by atoms with van der Waals surface area (Å²) in [6.45, 7) is 3.99. The SMILES string of the molecule is CCCCCS[C@@H]1C[C@@H](c2ccc(OC)cc2)N(S(=O)(=O)c2ccc(C)cc2)C[C@H]1C(=O)O. The van der Waals surface area contributed by atoms with Crippen LogP contribution in [0, 0.1) is 12.8 Å². The first-order valence-electron chi connectivity index (χ1n) is 11.3. The first-order valence-corrected chi connectivity index (χ1v) is 13.8. The van der Waals surface area contributed by atoms with Gasteiger partial charge >= 0.3 is 5.97 Å². The molecule has 1 aliphatic heterocycles. The zero-order valence-electron chi connectivity index (χ0n) is 19.4. The fourth-order valence-electron chi connectivity index (χ4n) is 4.19. The van der Waals surface area contributed by atoms with Gasteiger partial charge in [0.15, 0.2) is 0 Å². The lowest BCUT2D eigenvalue weighted by Crippen LogP contribution is -2.49. The van der Waals surface area contributed by atoms with Crippen molar-refractivity contribution < 1.29 is 23.1 Å². The van der Waals surface area contributed by atoms with Gasteiger partial charge in [-0.25, -0.2) is 8.42 Å². The van der Waals surface area contributed by atoms with E-state index in [0.717, 1.165) is 36.1 Å². The largest absolute Gasteiger partial charge is 0.497 e. The van der Waals surface area contributed by atoms with Crippen LogP contribution >= 0.6 is 11.8 Å². The molecule has 0 aliphatic carbocycles. The maximum atomic E-state index is 13.7. The monoisotopic (exact) mass is 491 g/mol. The number of carboxylic acid groups (broad SMARTS) is 1. The van der Waals surface area contributed by atoms with Gasteiger partial charge in [-0.05, 0) is 55.3 Å². The van der Waals surface area contributed by atoms with Gasteiger partial charge in [0.2, 0.25) is 10.0 Å². The first kappa shape index (κ1) is 25.6. The molecule has 0 bridgehead atoms. The summed E-state index contributed by atoms with van der Waals surface area (Å²) >= 11 is 1.66. The highest BCUT2D eigenvalue weighted by Crippen LogP contribution is 2.42. The van der Waals surface area contributed by atoms with E-state index < -0.39 is 28.0 Å². The number of hydrogen-bond donors (Lipinski definition) is 1. The summed E-state index contributed by atoms with van der Waals surface area (Å²) in [7, 11) is -2.29. The third kappa shape index (κ3) is 6.11. The van der Waals surface area contributed by atoms with Crippen LogP contribution in [0.4, 0.5) is 0 Å². The van der Waals surface area contributed by atoms with Gasteiger partial charge in [-0.1, -0.05) is 49.6 Å². The van der Waals surface area contributed by atoms with Gasteiger partial charge in [-0.2, -0.15) is 16.1 Å². The topological polar surface area (TPSA) is 83.9 Å². The predicted molar refractivity (Wildman–Crippen MR) is 132 cm³/mol. The number of carboxylic acids is 1. The van der Waals surface area contributed by atoms with Crippen molar-refractivity contribution in [1.29, 1.82) is 0 Å². The van der Waals surface area contributed by atoms with Crippen LogP contribution in [-0.4, -0.2) is 48.5 Å². The van der Waals surface area contributed by atoms with Gasteiger partial charge in [-0.15, -0.1) is 0 Å². The molecule has 0 amide bonds. The van der Waals surface area contributed by atoms with E-state index in [1.807, 2.05) is 31.2 Å². The molecule has 33 heavy (non-hydrogen) atoms. The van der Waals surface area contributed by atoms with Crippen LogP contribution in [0.5, 0.6) is 5.75 Å². The zero-order chi connectivity index (χ0) is 24.0. The van der Waals surface area contributed by atoms with Gasteiger partial charge in [0.05, 0.1) is 24.0 Å². The predicted octanol–water partition coefficient (Wildman–Crippen LogP) is 5.13. The molecule has 0 saturated carbocycles. The Morgan fingerprint density at radius 3 is 2.36 bits per heavy atom. The quantitative estimate of drug-likeness (QED) is 0.464. The maximum absolute atomic E-state index is 13.7. The van der Waals surface area contributed by atoms with Crippen LogP contribution in [0.25, 0.3) is 0 Å². The number of hydrogen-bond acceptors (Lipinski definition) is 5. The number of piperidine rings is 1. The highest BCUT2D eigenvalue weighted by molar-refractivity contribution is 7.99. The number of benzene rings is 2. The van der Waals surface area contributed by atoms with Crippen LogP contribution in [0.2, 0.25) is 0 Å². The molecule has 8 heteroatoms. The molecule has 1 fully saturated rings. The molecule has 1 saturated heterocycles. The molecule has 0 radical (unpaired) electrons. The lowest BCUT2D eigenvalue weighted by atomic mass is 9.90. The fourth-order valence-corrected chi connectivity index (χ4v) is 7.27. The minimum absolute atomic E-state index is 0.0479. The van der Waals surface area contributed by atoms with Gasteiger partial charge < -0.3 is 9.84 Å². The molecule has 0 unspecified atom stereocenters. The van der Waals surface area contributed by atoms with Crippen molar-refractivity contribution in [3.8, 4) is 5.75 Å². The van der Waals surface area contributed by atoms with Crippen molar-refractivity contribution in [1.82, 2.24) is 4.31 Å². The number of rotatable bonds is 10. The summed E-state index contributed by atoms with van der Waals surface area (Å²) in [5.41, 5.74) is 1.81. The van der Waals surface area contributed by atoms with E-state index in [4.69, 9.17) is 4.74 Å². The Balaban J connectivity index is 1.98. The van der Waals surface area contributed by atoms with E-state index in [1.54, 1.807) is 43.1 Å². The summed E-state index contributed by atoms with van der Waals surface area (Å²) in [4.78, 5) is 12.4. The molecule has 1 heterocycles. The molecule has 2 aromatic carbocycles. The van der Waals surface area contributed by atoms with E-state index in [9.17, 15) is 18.3 Å². The highest BCUT2D eigenvalue weighted by atomic mass is 32.2. The smallest absolute Gasteiger partial charge is 0.308 e. The zero-order valence-corrected chi connectivity index (χ0v) is 21.1. The number of carbonyl (C=O) groups is 1. The summed E-state index contributed by atoms with van der Waals surface area (Å²) < 4.78 is 34.0. The number of ether oxygens (including phenoxy) is 1. The Morgan fingerprint density at radius 1 is 1.12 bits per heavy atom. The second kappa shape index (κ2) is 11.4. The van der Waals surface area contributed by atoms with Crippen molar-refractivity contribution in [2.45, 2.75) is 55.7 Å². The van der Waals surface area contributed by atoms with Gasteiger partial charge in [0.1, 0.15) is 5.75 Å². The Labute approximate surface area is 201 Å². The summed E-state index contributed by atoms with van der Waals surface area (Å²) in [5.74, 6) is -0.134. The van der Waals surface area contributed by atoms with Crippen molar-refractivity contribution in [2.75, 3.05) is 19.4 Å². The maximum Gasteiger partial charge on any atom is 0.308 e. The average Bonchev–Trinajstić information content (AvgIpc) is 2.81. The van der Waals surface area contributed by atoms with Crippen LogP contribution in [0.3, 0.4) is 0 Å². The Bertz CT molecular complexity index is 1020. The highest BCUT2D eigenvalue weighted by Gasteiger charge is 2.45. The summed E-state index contributed by atoms with van der Waals surface area (Å²) in [6.07, 6.45) is 3.69. The fraction of sp³-hybridized carbons (Fsp3) is 0.480. The molecule has 2 aromatic rings. The minimum Gasteiger partial charge on any atom is -0.497 e. The second-order valence-corrected chi connectivity index (χ2v) is 11.7. The number of unbranched alkanes of at least 4 members (excludes halogenated alkanes) is 2. The number of nitrogens with zero attached hydrogens (tertiary/aromatic N) is 1. The standard InChI is InChI=1S/C25H33NO5S2/c1-4-5-6-15-32-24-16-23(19-9-11-20(31-3)12-10-19)26(17-22(24)25(27)28)33(29,30)21-13-7-18(2)8-14-21/h7-14,22-24H,4-6,15-17H2,1-3H3,(H,27,28)/t22-,23+,24-/m1/s1. The summed E-state index contributed by atoms with van der Waals surface area (Å²) in [5, 5.41) is 9.82. The van der Waals surface area contributed by atoms with E-state index in [-0.39, 0.29) is 16.7 Å². The molecule has 0 spiro atoms. The van der Waals surface area contributed by atoms with E-state index in [2.05, 4.69) is 6.92 Å². The van der Waals surface area contributed by atoms with Crippen molar-refractivity contribution >= 4 is 27.8 Å². The molecule has 1 aliphatic rings. The van der Waals surface area contributed by atoms with Crippen molar-refractivity contribution in [2.24, 2.45) is 5.92 Å². The van der Waals surface area contributed by atoms with Crippen LogP contribution in [-0.2, 0) is 14.8 Å². The number of aryl methyl sites for hydroxylation is 1. The van der Waals surface area contributed by atoms with Crippen LogP contribution < -0.4 is 4.74 Å². The number of methoxy groups -OCH3 is 1. The minimum atomic E-state index is -3.88. The number of thioether (sulfide) groups is 1. The van der Waals surface area contributed by atoms with E-state index in [1.165, 1.54) is 4.31 Å². The number of aliphatic carboxylic acids is 1. The molecule has 3 atom stereocenters. The van der Waals surface area contributed by atoms with Crippen LogP contribution in [0.15, 0.2) is 53.4 Å². The van der Waals surface area contributed by atoms with Crippen molar-refractivity contribution in [3.63, 3.8) is 0 Å². The lowest BCUT2D eigenvalue weighted by Gasteiger charge is -2.41. The van der Waals surface area contributed by atoms with Gasteiger partial charge in [0, 0.05) is 11.8 Å². The number of sulfonamides is 1. The van der Waals surface area contributed by atoms with Gasteiger partial charge in [0.25, 0.3) is 0 Å². The molecule has 0 aromatic heterocycles. The molecule has 180 valence electrons. The van der Waals surface area contributed by atoms with Crippen LogP contribution in [0.1, 0.15) is 49.8 Å². The average molecular weight is 492 g/mol. The molecule has 6 nitrogen and oxygen atoms in total. The lowest BCUT2D eigenvalue weighted by molar-refractivity contribution is -0.143. The van der Waals surface area contributed by atoms with Gasteiger partial charge in [-0.3, -0.25) is 4.79 Å². The Morgan fingerprint density at radius 2 is 1.79 bits per heavy atom. The first-order chi connectivity index (χ1) is 15.8. The summed E-state index contributed by atoms with van der Waals surface area (Å²) in [6, 6.07) is 13.7. The van der Waals surface area contributed by atoms with E-state index in [0.29, 0.717) is 12.2 Å². The Hall–Kier alpha value is -2.03. The second-order valence-electron chi connectivity index (χ2n) is 8.47. The molecule has 3 rings (SSSR count).